The van der Waals surface area contributed by atoms with Crippen LogP contribution in [0, 0.1) is 0 Å². The van der Waals surface area contributed by atoms with Crippen LogP contribution in [-0.4, -0.2) is 56.7 Å². The normalized spacial score (nSPS) is 15.5. The van der Waals surface area contributed by atoms with Crippen molar-refractivity contribution in [1.29, 1.82) is 0 Å². The molecule has 0 saturated carbocycles. The Morgan fingerprint density at radius 2 is 1.65 bits per heavy atom. The molecule has 0 bridgehead atoms. The first-order valence-corrected chi connectivity index (χ1v) is 10.3. The largest absolute Gasteiger partial charge is 0.434 e. The number of hydrogen-bond acceptors (Lipinski definition) is 4. The highest BCUT2D eigenvalue weighted by Gasteiger charge is 2.42. The summed E-state index contributed by atoms with van der Waals surface area (Å²) < 4.78 is 81.2. The van der Waals surface area contributed by atoms with E-state index in [9.17, 15) is 31.1 Å². The van der Waals surface area contributed by atoms with E-state index < -0.39 is 40.8 Å². The molecule has 0 radical (unpaired) electrons. The molecule has 1 aromatic carbocycles. The average Bonchev–Trinajstić information content (AvgIpc) is 3.25. The highest BCUT2D eigenvalue weighted by Crippen LogP contribution is 2.36. The van der Waals surface area contributed by atoms with Crippen LogP contribution < -0.4 is 0 Å². The molecule has 6 nitrogen and oxygen atoms in total. The van der Waals surface area contributed by atoms with Crippen molar-refractivity contribution in [3.8, 4) is 5.69 Å². The SMILES string of the molecule is O=C(c1cnn(-c2cccc(C(F)(F)F)c2)c1C(F)(F)F)N1CCN(Cc2cccnc2)CC1. The van der Waals surface area contributed by atoms with Gasteiger partial charge in [-0.3, -0.25) is 14.7 Å². The molecule has 3 heterocycles. The molecule has 0 aliphatic carbocycles. The molecule has 34 heavy (non-hydrogen) atoms. The number of carbonyl (C=O) groups excluding carboxylic acids is 1. The zero-order valence-corrected chi connectivity index (χ0v) is 17.6. The van der Waals surface area contributed by atoms with Gasteiger partial charge >= 0.3 is 12.4 Å². The Balaban J connectivity index is 1.56. The molecular formula is C22H19F6N5O. The van der Waals surface area contributed by atoms with Crippen LogP contribution in [0.2, 0.25) is 0 Å². The van der Waals surface area contributed by atoms with E-state index in [0.29, 0.717) is 30.4 Å². The van der Waals surface area contributed by atoms with Gasteiger partial charge in [0, 0.05) is 45.1 Å². The summed E-state index contributed by atoms with van der Waals surface area (Å²) in [4.78, 5) is 20.4. The van der Waals surface area contributed by atoms with Gasteiger partial charge in [-0.1, -0.05) is 12.1 Å². The fraction of sp³-hybridized carbons (Fsp3) is 0.318. The summed E-state index contributed by atoms with van der Waals surface area (Å²) in [5, 5.41) is 3.63. The topological polar surface area (TPSA) is 54.3 Å². The third-order valence-corrected chi connectivity index (χ3v) is 5.47. The van der Waals surface area contributed by atoms with Crippen LogP contribution in [0.4, 0.5) is 26.3 Å². The number of nitrogens with zero attached hydrogens (tertiary/aromatic N) is 5. The molecule has 1 aliphatic heterocycles. The second kappa shape index (κ2) is 9.09. The Morgan fingerprint density at radius 3 is 2.26 bits per heavy atom. The first-order chi connectivity index (χ1) is 16.0. The minimum absolute atomic E-state index is 0.200. The number of piperazine rings is 1. The number of alkyl halides is 6. The number of aromatic nitrogens is 3. The maximum atomic E-state index is 13.9. The van der Waals surface area contributed by atoms with Crippen molar-refractivity contribution in [2.45, 2.75) is 18.9 Å². The van der Waals surface area contributed by atoms with E-state index >= 15 is 0 Å². The Hall–Kier alpha value is -3.41. The second-order valence-electron chi connectivity index (χ2n) is 7.79. The van der Waals surface area contributed by atoms with E-state index in [1.165, 1.54) is 4.90 Å². The van der Waals surface area contributed by atoms with Gasteiger partial charge in [-0.25, -0.2) is 4.68 Å². The number of rotatable bonds is 4. The van der Waals surface area contributed by atoms with Crippen molar-refractivity contribution in [3.05, 3.63) is 77.4 Å². The molecule has 1 amide bonds. The molecule has 4 rings (SSSR count). The van der Waals surface area contributed by atoms with Gasteiger partial charge in [0.25, 0.3) is 5.91 Å². The van der Waals surface area contributed by atoms with Crippen LogP contribution in [0.3, 0.4) is 0 Å². The Morgan fingerprint density at radius 1 is 0.912 bits per heavy atom. The predicted molar refractivity (Wildman–Crippen MR) is 109 cm³/mol. The van der Waals surface area contributed by atoms with Crippen LogP contribution in [0.25, 0.3) is 5.69 Å². The number of hydrogen-bond donors (Lipinski definition) is 0. The summed E-state index contributed by atoms with van der Waals surface area (Å²) in [6, 6.07) is 7.08. The molecule has 0 unspecified atom stereocenters. The summed E-state index contributed by atoms with van der Waals surface area (Å²) in [6.07, 6.45) is -5.63. The van der Waals surface area contributed by atoms with Crippen LogP contribution >= 0.6 is 0 Å². The van der Waals surface area contributed by atoms with Gasteiger partial charge in [-0.2, -0.15) is 31.4 Å². The summed E-state index contributed by atoms with van der Waals surface area (Å²) >= 11 is 0. The lowest BCUT2D eigenvalue weighted by Gasteiger charge is -2.34. The highest BCUT2D eigenvalue weighted by molar-refractivity contribution is 5.95. The summed E-state index contributed by atoms with van der Waals surface area (Å²) in [5.74, 6) is -0.869. The zero-order chi connectivity index (χ0) is 24.5. The van der Waals surface area contributed by atoms with Crippen LogP contribution in [0.15, 0.2) is 55.0 Å². The lowest BCUT2D eigenvalue weighted by Crippen LogP contribution is -2.48. The maximum absolute atomic E-state index is 13.9. The number of pyridine rings is 1. The fourth-order valence-corrected chi connectivity index (χ4v) is 3.82. The molecule has 0 N–H and O–H groups in total. The fourth-order valence-electron chi connectivity index (χ4n) is 3.82. The standard InChI is InChI=1S/C22H19F6N5O/c23-21(24,25)16-4-1-5-17(11-16)33-19(22(26,27)28)18(13-30-33)20(34)32-9-7-31(8-10-32)14-15-3-2-6-29-12-15/h1-6,11-13H,7-10,14H2. The third kappa shape index (κ3) is 5.06. The minimum atomic E-state index is -5.02. The first kappa shape index (κ1) is 23.7. The van der Waals surface area contributed by atoms with Gasteiger partial charge in [0.1, 0.15) is 0 Å². The summed E-state index contributed by atoms with van der Waals surface area (Å²) in [7, 11) is 0. The van der Waals surface area contributed by atoms with E-state index in [2.05, 4.69) is 15.0 Å². The molecule has 0 atom stereocenters. The van der Waals surface area contributed by atoms with Gasteiger partial charge in [-0.05, 0) is 29.8 Å². The Kier molecular flexibility index (Phi) is 6.34. The Labute approximate surface area is 190 Å². The molecular weight excluding hydrogens is 464 g/mol. The summed E-state index contributed by atoms with van der Waals surface area (Å²) in [5.41, 5.74) is -2.70. The van der Waals surface area contributed by atoms with Crippen molar-refractivity contribution in [1.82, 2.24) is 24.6 Å². The molecule has 1 aliphatic rings. The molecule has 0 spiro atoms. The third-order valence-electron chi connectivity index (χ3n) is 5.47. The smallest absolute Gasteiger partial charge is 0.336 e. The lowest BCUT2D eigenvalue weighted by molar-refractivity contribution is -0.143. The van der Waals surface area contributed by atoms with E-state index in [4.69, 9.17) is 0 Å². The van der Waals surface area contributed by atoms with Crippen molar-refractivity contribution in [2.24, 2.45) is 0 Å². The van der Waals surface area contributed by atoms with Crippen molar-refractivity contribution in [3.63, 3.8) is 0 Å². The first-order valence-electron chi connectivity index (χ1n) is 10.3. The lowest BCUT2D eigenvalue weighted by atomic mass is 10.1. The van der Waals surface area contributed by atoms with E-state index in [0.717, 1.165) is 30.0 Å². The van der Waals surface area contributed by atoms with Crippen molar-refractivity contribution < 1.29 is 31.1 Å². The number of carbonyl (C=O) groups is 1. The Bertz CT molecular complexity index is 1150. The van der Waals surface area contributed by atoms with Crippen LogP contribution in [-0.2, 0) is 18.9 Å². The van der Waals surface area contributed by atoms with Gasteiger partial charge < -0.3 is 4.90 Å². The van der Waals surface area contributed by atoms with Crippen molar-refractivity contribution >= 4 is 5.91 Å². The molecule has 12 heteroatoms. The maximum Gasteiger partial charge on any atom is 0.434 e. The van der Waals surface area contributed by atoms with Gasteiger partial charge in [0.2, 0.25) is 0 Å². The quantitative estimate of drug-likeness (QED) is 0.521. The van der Waals surface area contributed by atoms with Crippen LogP contribution in [0.5, 0.6) is 0 Å². The predicted octanol–water partition coefficient (Wildman–Crippen LogP) is 4.26. The molecule has 2 aromatic heterocycles. The van der Waals surface area contributed by atoms with Crippen LogP contribution in [0.1, 0.15) is 27.2 Å². The van der Waals surface area contributed by atoms with E-state index in [1.807, 2.05) is 6.07 Å². The number of benzene rings is 1. The van der Waals surface area contributed by atoms with Crippen molar-refractivity contribution in [2.75, 3.05) is 26.2 Å². The molecule has 3 aromatic rings. The van der Waals surface area contributed by atoms with Gasteiger partial charge in [0.05, 0.1) is 23.0 Å². The molecule has 180 valence electrons. The number of amides is 1. The molecule has 1 fully saturated rings. The highest BCUT2D eigenvalue weighted by atomic mass is 19.4. The molecule has 1 saturated heterocycles. The van der Waals surface area contributed by atoms with E-state index in [1.54, 1.807) is 18.5 Å². The number of halogens is 6. The second-order valence-corrected chi connectivity index (χ2v) is 7.79. The monoisotopic (exact) mass is 483 g/mol. The zero-order valence-electron chi connectivity index (χ0n) is 17.6. The summed E-state index contributed by atoms with van der Waals surface area (Å²) in [6.45, 7) is 1.89. The van der Waals surface area contributed by atoms with E-state index in [-0.39, 0.29) is 13.1 Å². The van der Waals surface area contributed by atoms with Gasteiger partial charge in [0.15, 0.2) is 5.69 Å². The minimum Gasteiger partial charge on any atom is -0.336 e. The average molecular weight is 483 g/mol. The van der Waals surface area contributed by atoms with Gasteiger partial charge in [-0.15, -0.1) is 0 Å².